The summed E-state index contributed by atoms with van der Waals surface area (Å²) in [7, 11) is 0. The molecule has 0 spiro atoms. The number of Topliss-reactive ketones (excluding diaryl/α,β-unsaturated/α-hetero) is 1. The summed E-state index contributed by atoms with van der Waals surface area (Å²) in [5.74, 6) is 0.609. The second kappa shape index (κ2) is 5.69. The van der Waals surface area contributed by atoms with Gasteiger partial charge in [0.2, 0.25) is 0 Å². The van der Waals surface area contributed by atoms with E-state index in [0.29, 0.717) is 24.0 Å². The lowest BCUT2D eigenvalue weighted by atomic mass is 10.1. The number of para-hydroxylation sites is 1. The minimum atomic E-state index is 0.00306. The Hall–Kier alpha value is -2.10. The van der Waals surface area contributed by atoms with Gasteiger partial charge in [-0.15, -0.1) is 0 Å². The third-order valence-corrected chi connectivity index (χ3v) is 2.83. The van der Waals surface area contributed by atoms with Crippen LogP contribution < -0.4 is 4.74 Å². The van der Waals surface area contributed by atoms with Crippen molar-refractivity contribution in [3.63, 3.8) is 0 Å². The predicted molar refractivity (Wildman–Crippen MR) is 73.4 cm³/mol. The molecule has 0 bridgehead atoms. The van der Waals surface area contributed by atoms with E-state index in [9.17, 15) is 4.79 Å². The molecule has 0 fully saturated rings. The molecule has 0 saturated heterocycles. The maximum atomic E-state index is 11.5. The van der Waals surface area contributed by atoms with Crippen molar-refractivity contribution in [1.29, 1.82) is 0 Å². The predicted octanol–water partition coefficient (Wildman–Crippen LogP) is 3.25. The first kappa shape index (κ1) is 13.3. The van der Waals surface area contributed by atoms with Gasteiger partial charge < -0.3 is 4.74 Å². The zero-order valence-corrected chi connectivity index (χ0v) is 11.5. The van der Waals surface area contributed by atoms with Gasteiger partial charge >= 0.3 is 0 Å². The van der Waals surface area contributed by atoms with E-state index in [1.54, 1.807) is 12.1 Å². The van der Waals surface area contributed by atoms with Crippen molar-refractivity contribution in [3.05, 3.63) is 47.8 Å². The first-order valence-electron chi connectivity index (χ1n) is 6.34. The summed E-state index contributed by atoms with van der Waals surface area (Å²) < 4.78 is 7.57. The molecular formula is C15H18N2O2. The summed E-state index contributed by atoms with van der Waals surface area (Å²) in [6, 6.07) is 9.51. The molecule has 0 N–H and O–H groups in total. The van der Waals surface area contributed by atoms with Gasteiger partial charge in [0.25, 0.3) is 0 Å². The third kappa shape index (κ3) is 3.22. The second-order valence-corrected chi connectivity index (χ2v) is 4.72. The highest BCUT2D eigenvalue weighted by molar-refractivity contribution is 5.96. The van der Waals surface area contributed by atoms with Gasteiger partial charge in [0, 0.05) is 12.2 Å². The van der Waals surface area contributed by atoms with Gasteiger partial charge in [0.1, 0.15) is 12.4 Å². The van der Waals surface area contributed by atoms with Crippen molar-refractivity contribution in [2.24, 2.45) is 0 Å². The number of ether oxygens (including phenoxy) is 1. The lowest BCUT2D eigenvalue weighted by Crippen LogP contribution is -2.04. The number of carbonyl (C=O) groups is 1. The Balaban J connectivity index is 2.08. The fourth-order valence-electron chi connectivity index (χ4n) is 1.78. The molecule has 0 aliphatic carbocycles. The molecule has 19 heavy (non-hydrogen) atoms. The van der Waals surface area contributed by atoms with Crippen LogP contribution in [-0.4, -0.2) is 15.6 Å². The molecule has 0 aliphatic heterocycles. The van der Waals surface area contributed by atoms with Crippen LogP contribution in [0, 0.1) is 0 Å². The van der Waals surface area contributed by atoms with Crippen LogP contribution in [0.4, 0.5) is 0 Å². The van der Waals surface area contributed by atoms with Crippen molar-refractivity contribution < 1.29 is 9.53 Å². The Labute approximate surface area is 113 Å². The number of nitrogens with zero attached hydrogens (tertiary/aromatic N) is 2. The van der Waals surface area contributed by atoms with Gasteiger partial charge in [-0.1, -0.05) is 12.1 Å². The van der Waals surface area contributed by atoms with E-state index in [1.165, 1.54) is 6.92 Å². The smallest absolute Gasteiger partial charge is 0.163 e. The molecule has 1 aromatic heterocycles. The zero-order valence-electron chi connectivity index (χ0n) is 11.5. The Kier molecular flexibility index (Phi) is 4.00. The molecule has 0 amide bonds. The number of carbonyl (C=O) groups excluding carboxylic acids is 1. The second-order valence-electron chi connectivity index (χ2n) is 4.72. The highest BCUT2D eigenvalue weighted by Gasteiger charge is 2.08. The zero-order chi connectivity index (χ0) is 13.8. The Morgan fingerprint density at radius 2 is 2.05 bits per heavy atom. The van der Waals surface area contributed by atoms with Crippen LogP contribution in [0.5, 0.6) is 5.75 Å². The van der Waals surface area contributed by atoms with Crippen LogP contribution in [0.3, 0.4) is 0 Å². The van der Waals surface area contributed by atoms with Crippen molar-refractivity contribution in [3.8, 4) is 5.75 Å². The summed E-state index contributed by atoms with van der Waals surface area (Å²) in [4.78, 5) is 11.5. The van der Waals surface area contributed by atoms with Gasteiger partial charge in [0.15, 0.2) is 5.78 Å². The summed E-state index contributed by atoms with van der Waals surface area (Å²) in [5, 5.41) is 4.41. The SMILES string of the molecule is CC(=O)c1ccccc1OCc1ccn(C(C)C)n1. The fraction of sp³-hybridized carbons (Fsp3) is 0.333. The highest BCUT2D eigenvalue weighted by atomic mass is 16.5. The first-order chi connectivity index (χ1) is 9.08. The van der Waals surface area contributed by atoms with E-state index < -0.39 is 0 Å². The molecule has 2 rings (SSSR count). The molecule has 100 valence electrons. The molecule has 0 radical (unpaired) electrons. The van der Waals surface area contributed by atoms with E-state index in [2.05, 4.69) is 18.9 Å². The van der Waals surface area contributed by atoms with Gasteiger partial charge in [-0.25, -0.2) is 0 Å². The van der Waals surface area contributed by atoms with Crippen molar-refractivity contribution in [2.75, 3.05) is 0 Å². The summed E-state index contributed by atoms with van der Waals surface area (Å²) in [6.45, 7) is 6.05. The Bertz CT molecular complexity index is 573. The molecule has 0 saturated carbocycles. The van der Waals surface area contributed by atoms with Crippen LogP contribution in [0.15, 0.2) is 36.5 Å². The van der Waals surface area contributed by atoms with Crippen molar-refractivity contribution in [1.82, 2.24) is 9.78 Å². The third-order valence-electron chi connectivity index (χ3n) is 2.83. The van der Waals surface area contributed by atoms with Gasteiger partial charge in [-0.2, -0.15) is 5.10 Å². The number of benzene rings is 1. The number of hydrogen-bond acceptors (Lipinski definition) is 3. The molecule has 1 aromatic carbocycles. The largest absolute Gasteiger partial charge is 0.486 e. The maximum Gasteiger partial charge on any atom is 0.163 e. The maximum absolute atomic E-state index is 11.5. The van der Waals surface area contributed by atoms with E-state index in [0.717, 1.165) is 5.69 Å². The standard InChI is InChI=1S/C15H18N2O2/c1-11(2)17-9-8-13(16-17)10-19-15-7-5-4-6-14(15)12(3)18/h4-9,11H,10H2,1-3H3. The van der Waals surface area contributed by atoms with Gasteiger partial charge in [-0.05, 0) is 39.0 Å². The average Bonchev–Trinajstić information content (AvgIpc) is 2.85. The first-order valence-corrected chi connectivity index (χ1v) is 6.34. The molecular weight excluding hydrogens is 240 g/mol. The fourth-order valence-corrected chi connectivity index (χ4v) is 1.78. The van der Waals surface area contributed by atoms with Gasteiger partial charge in [-0.3, -0.25) is 9.48 Å². The van der Waals surface area contributed by atoms with E-state index in [4.69, 9.17) is 4.74 Å². The van der Waals surface area contributed by atoms with E-state index in [1.807, 2.05) is 29.1 Å². The summed E-state index contributed by atoms with van der Waals surface area (Å²) >= 11 is 0. The van der Waals surface area contributed by atoms with Crippen molar-refractivity contribution in [2.45, 2.75) is 33.4 Å². The Morgan fingerprint density at radius 3 is 2.68 bits per heavy atom. The molecule has 2 aromatic rings. The van der Waals surface area contributed by atoms with Crippen LogP contribution in [0.1, 0.15) is 42.9 Å². The molecule has 0 aliphatic rings. The van der Waals surface area contributed by atoms with Crippen molar-refractivity contribution >= 4 is 5.78 Å². The van der Waals surface area contributed by atoms with E-state index in [-0.39, 0.29) is 5.78 Å². The lowest BCUT2D eigenvalue weighted by Gasteiger charge is -2.08. The Morgan fingerprint density at radius 1 is 1.32 bits per heavy atom. The average molecular weight is 258 g/mol. The minimum Gasteiger partial charge on any atom is -0.486 e. The summed E-state index contributed by atoms with van der Waals surface area (Å²) in [6.07, 6.45) is 1.93. The van der Waals surface area contributed by atoms with E-state index >= 15 is 0 Å². The normalized spacial score (nSPS) is 10.7. The quantitative estimate of drug-likeness (QED) is 0.773. The number of rotatable bonds is 5. The molecule has 4 nitrogen and oxygen atoms in total. The number of aromatic nitrogens is 2. The van der Waals surface area contributed by atoms with Crippen LogP contribution >= 0.6 is 0 Å². The molecule has 0 unspecified atom stereocenters. The van der Waals surface area contributed by atoms with Crippen LogP contribution in [-0.2, 0) is 6.61 Å². The summed E-state index contributed by atoms with van der Waals surface area (Å²) in [5.41, 5.74) is 1.46. The van der Waals surface area contributed by atoms with Gasteiger partial charge in [0.05, 0.1) is 11.3 Å². The monoisotopic (exact) mass is 258 g/mol. The molecule has 0 atom stereocenters. The number of hydrogen-bond donors (Lipinski definition) is 0. The number of ketones is 1. The van der Waals surface area contributed by atoms with Crippen LogP contribution in [0.25, 0.3) is 0 Å². The lowest BCUT2D eigenvalue weighted by molar-refractivity contribution is 0.101. The minimum absolute atomic E-state index is 0.00306. The van der Waals surface area contributed by atoms with Crippen LogP contribution in [0.2, 0.25) is 0 Å². The molecule has 4 heteroatoms. The molecule has 1 heterocycles. The topological polar surface area (TPSA) is 44.1 Å². The highest BCUT2D eigenvalue weighted by Crippen LogP contribution is 2.19.